The first-order valence-electron chi connectivity index (χ1n) is 11.3. The zero-order valence-electron chi connectivity index (χ0n) is 20.8. The van der Waals surface area contributed by atoms with E-state index in [0.29, 0.717) is 0 Å². The van der Waals surface area contributed by atoms with Crippen LogP contribution >= 0.6 is 0 Å². The largest absolute Gasteiger partial charge is 1.00 e. The van der Waals surface area contributed by atoms with Gasteiger partial charge in [0.25, 0.3) is 10.1 Å². The van der Waals surface area contributed by atoms with Crippen molar-refractivity contribution in [2.45, 2.75) is 115 Å². The summed E-state index contributed by atoms with van der Waals surface area (Å²) in [5.41, 5.74) is 0. The minimum atomic E-state index is -4.94. The molecule has 0 saturated carbocycles. The molecular weight excluding hydrogens is 470 g/mol. The van der Waals surface area contributed by atoms with Crippen molar-refractivity contribution in [1.82, 2.24) is 0 Å². The average Bonchev–Trinajstić information content (AvgIpc) is 2.68. The summed E-state index contributed by atoms with van der Waals surface area (Å²) in [7, 11) is -4.94. The Labute approximate surface area is 244 Å². The molecule has 184 valence electrons. The maximum atomic E-state index is 10.2. The van der Waals surface area contributed by atoms with E-state index in [2.05, 4.69) is 6.92 Å². The van der Waals surface area contributed by atoms with Crippen LogP contribution in [0.5, 0.6) is 0 Å². The van der Waals surface area contributed by atoms with Gasteiger partial charge in [-0.25, -0.2) is 0 Å². The number of carboxylic acid groups (broad SMARTS) is 2. The molecule has 0 rings (SSSR count). The summed E-state index contributed by atoms with van der Waals surface area (Å²) < 4.78 is 28.5. The number of aliphatic hydroxyl groups is 1. The Bertz CT molecular complexity index is 583. The normalized spacial score (nSPS) is 11.6. The fourth-order valence-electron chi connectivity index (χ4n) is 2.99. The molecule has 0 amide bonds. The van der Waals surface area contributed by atoms with Gasteiger partial charge in [-0.05, 0) is 12.8 Å². The number of carboxylic acids is 2. The van der Waals surface area contributed by atoms with Gasteiger partial charge < -0.3 is 24.9 Å². The van der Waals surface area contributed by atoms with Crippen LogP contribution in [-0.4, -0.2) is 35.3 Å². The SMILES string of the molecule is CCCCCCCCCCCCCCCCC=CO.O=C([O-])CC(C(=O)[O-])S(=O)(=O)O.[Na+].[Na+]. The molecular formula is C22H40Na2O8S. The zero-order valence-corrected chi connectivity index (χ0v) is 25.6. The van der Waals surface area contributed by atoms with Gasteiger partial charge in [-0.15, -0.1) is 0 Å². The molecule has 0 aliphatic rings. The van der Waals surface area contributed by atoms with Crippen LogP contribution in [0.2, 0.25) is 0 Å². The molecule has 0 aromatic carbocycles. The molecule has 0 aliphatic heterocycles. The van der Waals surface area contributed by atoms with Gasteiger partial charge >= 0.3 is 59.1 Å². The van der Waals surface area contributed by atoms with Gasteiger partial charge in [0.15, 0.2) is 0 Å². The van der Waals surface area contributed by atoms with E-state index in [1.807, 2.05) is 6.08 Å². The minimum absolute atomic E-state index is 0. The van der Waals surface area contributed by atoms with E-state index in [1.165, 1.54) is 96.2 Å². The summed E-state index contributed by atoms with van der Waals surface area (Å²) >= 11 is 0. The van der Waals surface area contributed by atoms with E-state index in [0.717, 1.165) is 6.42 Å². The summed E-state index contributed by atoms with van der Waals surface area (Å²) in [6.45, 7) is 2.28. The number of unbranched alkanes of at least 4 members (excludes halogenated alkanes) is 14. The number of rotatable bonds is 19. The van der Waals surface area contributed by atoms with Crippen molar-refractivity contribution in [3.63, 3.8) is 0 Å². The molecule has 8 nitrogen and oxygen atoms in total. The smallest absolute Gasteiger partial charge is 0.550 e. The molecule has 0 bridgehead atoms. The van der Waals surface area contributed by atoms with Gasteiger partial charge in [0, 0.05) is 12.4 Å². The Kier molecular flexibility index (Phi) is 35.2. The Morgan fingerprint density at radius 3 is 1.39 bits per heavy atom. The topological polar surface area (TPSA) is 155 Å². The molecule has 0 spiro atoms. The summed E-state index contributed by atoms with van der Waals surface area (Å²) in [5.74, 6) is -4.08. The number of hydrogen-bond acceptors (Lipinski definition) is 7. The second-order valence-corrected chi connectivity index (χ2v) is 9.27. The first-order valence-corrected chi connectivity index (χ1v) is 12.8. The number of aliphatic carboxylic acids is 2. The number of carbonyl (C=O) groups excluding carboxylic acids is 2. The molecule has 1 unspecified atom stereocenters. The number of carbonyl (C=O) groups is 2. The van der Waals surface area contributed by atoms with Crippen molar-refractivity contribution in [2.24, 2.45) is 0 Å². The average molecular weight is 511 g/mol. The molecule has 2 N–H and O–H groups in total. The molecule has 0 radical (unpaired) electrons. The summed E-state index contributed by atoms with van der Waals surface area (Å²) in [6.07, 6.45) is 22.4. The maximum absolute atomic E-state index is 10.2. The predicted octanol–water partition coefficient (Wildman–Crippen LogP) is -2.93. The van der Waals surface area contributed by atoms with Crippen molar-refractivity contribution in [1.29, 1.82) is 0 Å². The van der Waals surface area contributed by atoms with Gasteiger partial charge in [0.2, 0.25) is 0 Å². The van der Waals surface area contributed by atoms with Crippen molar-refractivity contribution in [3.05, 3.63) is 12.3 Å². The van der Waals surface area contributed by atoms with E-state index in [4.69, 9.17) is 9.66 Å². The maximum Gasteiger partial charge on any atom is 1.00 e. The Hall–Kier alpha value is 0.390. The van der Waals surface area contributed by atoms with Gasteiger partial charge in [-0.1, -0.05) is 96.5 Å². The first-order chi connectivity index (χ1) is 14.7. The van der Waals surface area contributed by atoms with Crippen LogP contribution in [0.25, 0.3) is 0 Å². The van der Waals surface area contributed by atoms with E-state index < -0.39 is 33.7 Å². The molecule has 1 atom stereocenters. The standard InChI is InChI=1S/C18H36O.C4H6O7S.2Na/c1-2-3-4-5-6-7-8-9-10-11-12-13-14-15-16-17-18-19;5-3(6)1-2(4(7)8)12(9,10)11;;/h17-19H,2-16H2,1H3;2H,1H2,(H,5,6)(H,7,8)(H,9,10,11);;/q;;2*+1/p-2. The zero-order chi connectivity index (χ0) is 24.0. The van der Waals surface area contributed by atoms with Crippen molar-refractivity contribution in [2.75, 3.05) is 0 Å². The van der Waals surface area contributed by atoms with Crippen LogP contribution in [-0.2, 0) is 19.7 Å². The van der Waals surface area contributed by atoms with E-state index in [9.17, 15) is 28.2 Å². The fourth-order valence-corrected chi connectivity index (χ4v) is 3.58. The van der Waals surface area contributed by atoms with Gasteiger partial charge in [0.05, 0.1) is 12.2 Å². The van der Waals surface area contributed by atoms with Crippen LogP contribution in [0.1, 0.15) is 110 Å². The molecule has 0 heterocycles. The van der Waals surface area contributed by atoms with Crippen LogP contribution in [0.4, 0.5) is 0 Å². The Morgan fingerprint density at radius 1 is 0.788 bits per heavy atom. The molecule has 0 aromatic rings. The third-order valence-electron chi connectivity index (χ3n) is 4.80. The molecule has 33 heavy (non-hydrogen) atoms. The van der Waals surface area contributed by atoms with Crippen molar-refractivity contribution in [3.8, 4) is 0 Å². The van der Waals surface area contributed by atoms with Crippen molar-refractivity contribution < 1.29 is 97.0 Å². The van der Waals surface area contributed by atoms with Crippen LogP contribution in [0, 0.1) is 0 Å². The van der Waals surface area contributed by atoms with Crippen LogP contribution in [0.15, 0.2) is 12.3 Å². The molecule has 0 fully saturated rings. The summed E-state index contributed by atoms with van der Waals surface area (Å²) in [5, 5.41) is 25.7. The minimum Gasteiger partial charge on any atom is -0.550 e. The molecule has 11 heteroatoms. The van der Waals surface area contributed by atoms with Crippen LogP contribution < -0.4 is 69.3 Å². The van der Waals surface area contributed by atoms with E-state index >= 15 is 0 Å². The molecule has 0 aliphatic carbocycles. The van der Waals surface area contributed by atoms with Crippen molar-refractivity contribution >= 4 is 22.1 Å². The second-order valence-electron chi connectivity index (χ2n) is 7.67. The quantitative estimate of drug-likeness (QED) is 0.0810. The number of allylic oxidation sites excluding steroid dienone is 1. The van der Waals surface area contributed by atoms with E-state index in [1.54, 1.807) is 0 Å². The number of aliphatic hydroxyl groups excluding tert-OH is 1. The van der Waals surface area contributed by atoms with Gasteiger partial charge in [0.1, 0.15) is 5.25 Å². The molecule has 0 saturated heterocycles. The fraction of sp³-hybridized carbons (Fsp3) is 0.818. The monoisotopic (exact) mass is 510 g/mol. The van der Waals surface area contributed by atoms with Crippen LogP contribution in [0.3, 0.4) is 0 Å². The van der Waals surface area contributed by atoms with Gasteiger partial charge in [-0.2, -0.15) is 8.42 Å². The third-order valence-corrected chi connectivity index (χ3v) is 5.88. The summed E-state index contributed by atoms with van der Waals surface area (Å²) in [4.78, 5) is 19.7. The Morgan fingerprint density at radius 2 is 1.15 bits per heavy atom. The van der Waals surface area contributed by atoms with Gasteiger partial charge in [-0.3, -0.25) is 4.55 Å². The predicted molar refractivity (Wildman–Crippen MR) is 117 cm³/mol. The number of hydrogen-bond donors (Lipinski definition) is 2. The third kappa shape index (κ3) is 32.4. The molecule has 0 aromatic heterocycles. The first kappa shape index (κ1) is 40.6. The summed E-state index contributed by atoms with van der Waals surface area (Å²) in [6, 6.07) is 0. The second kappa shape index (κ2) is 28.6. The van der Waals surface area contributed by atoms with E-state index in [-0.39, 0.29) is 59.1 Å². The Balaban J connectivity index is -0.000000262.